The third-order valence-corrected chi connectivity index (χ3v) is 4.59. The van der Waals surface area contributed by atoms with E-state index in [9.17, 15) is 4.39 Å². The van der Waals surface area contributed by atoms with Crippen LogP contribution in [0.1, 0.15) is 52.4 Å². The molecule has 3 heteroatoms. The zero-order valence-corrected chi connectivity index (χ0v) is 13.6. The van der Waals surface area contributed by atoms with Gasteiger partial charge in [-0.1, -0.05) is 46.0 Å². The summed E-state index contributed by atoms with van der Waals surface area (Å²) >= 11 is 1.82. The topological polar surface area (TPSA) is 12.0 Å². The first kappa shape index (κ1) is 17.5. The Morgan fingerprint density at radius 3 is 2.40 bits per heavy atom. The SMILES string of the molecule is CCCCCCCC(CSc1ccc(F)cc1)NCC. The van der Waals surface area contributed by atoms with Crippen molar-refractivity contribution in [1.82, 2.24) is 5.32 Å². The van der Waals surface area contributed by atoms with Gasteiger partial charge in [-0.2, -0.15) is 0 Å². The van der Waals surface area contributed by atoms with Crippen LogP contribution in [0.15, 0.2) is 29.2 Å². The summed E-state index contributed by atoms with van der Waals surface area (Å²) in [5.41, 5.74) is 0. The fourth-order valence-electron chi connectivity index (χ4n) is 2.25. The molecule has 1 nitrogen and oxygen atoms in total. The summed E-state index contributed by atoms with van der Waals surface area (Å²) in [6.07, 6.45) is 7.91. The smallest absolute Gasteiger partial charge is 0.123 e. The van der Waals surface area contributed by atoms with Gasteiger partial charge in [-0.05, 0) is 37.2 Å². The summed E-state index contributed by atoms with van der Waals surface area (Å²) in [5.74, 6) is 0.904. The number of hydrogen-bond acceptors (Lipinski definition) is 2. The first-order valence-corrected chi connectivity index (χ1v) is 8.86. The molecule has 0 spiro atoms. The lowest BCUT2D eigenvalue weighted by atomic mass is 10.1. The van der Waals surface area contributed by atoms with Crippen molar-refractivity contribution in [2.24, 2.45) is 0 Å². The molecular weight excluding hydrogens is 269 g/mol. The molecule has 0 bridgehead atoms. The Labute approximate surface area is 127 Å². The third-order valence-electron chi connectivity index (χ3n) is 3.41. The number of benzene rings is 1. The summed E-state index contributed by atoms with van der Waals surface area (Å²) in [6.45, 7) is 5.43. The minimum absolute atomic E-state index is 0.159. The first-order valence-electron chi connectivity index (χ1n) is 7.88. The van der Waals surface area contributed by atoms with Crippen molar-refractivity contribution in [3.05, 3.63) is 30.1 Å². The van der Waals surface area contributed by atoms with Crippen LogP contribution >= 0.6 is 11.8 Å². The van der Waals surface area contributed by atoms with E-state index in [1.54, 1.807) is 0 Å². The van der Waals surface area contributed by atoms with E-state index in [1.807, 2.05) is 23.9 Å². The van der Waals surface area contributed by atoms with E-state index in [2.05, 4.69) is 19.2 Å². The predicted molar refractivity (Wildman–Crippen MR) is 88.0 cm³/mol. The van der Waals surface area contributed by atoms with Gasteiger partial charge in [0.25, 0.3) is 0 Å². The number of thioether (sulfide) groups is 1. The molecule has 0 saturated heterocycles. The molecule has 1 atom stereocenters. The minimum atomic E-state index is -0.159. The van der Waals surface area contributed by atoms with Crippen LogP contribution in [0.25, 0.3) is 0 Å². The Bertz CT molecular complexity index is 339. The molecule has 0 aliphatic carbocycles. The zero-order valence-electron chi connectivity index (χ0n) is 12.8. The third kappa shape index (κ3) is 7.91. The monoisotopic (exact) mass is 297 g/mol. The maximum atomic E-state index is 12.9. The van der Waals surface area contributed by atoms with Crippen LogP contribution < -0.4 is 5.32 Å². The minimum Gasteiger partial charge on any atom is -0.313 e. The van der Waals surface area contributed by atoms with Gasteiger partial charge in [0, 0.05) is 16.7 Å². The lowest BCUT2D eigenvalue weighted by Gasteiger charge is -2.17. The molecule has 0 radical (unpaired) electrons. The second-order valence-corrected chi connectivity index (χ2v) is 6.32. The Kier molecular flexibility index (Phi) is 9.77. The number of nitrogens with one attached hydrogen (secondary N) is 1. The lowest BCUT2D eigenvalue weighted by Crippen LogP contribution is -2.31. The van der Waals surface area contributed by atoms with Crippen molar-refractivity contribution in [2.75, 3.05) is 12.3 Å². The number of halogens is 1. The molecule has 20 heavy (non-hydrogen) atoms. The van der Waals surface area contributed by atoms with Crippen LogP contribution in [0.3, 0.4) is 0 Å². The van der Waals surface area contributed by atoms with Crippen LogP contribution in [0.2, 0.25) is 0 Å². The van der Waals surface area contributed by atoms with Gasteiger partial charge < -0.3 is 5.32 Å². The van der Waals surface area contributed by atoms with Crippen LogP contribution in [0.5, 0.6) is 0 Å². The fraction of sp³-hybridized carbons (Fsp3) is 0.647. The van der Waals surface area contributed by atoms with Crippen LogP contribution in [-0.4, -0.2) is 18.3 Å². The molecule has 1 N–H and O–H groups in total. The van der Waals surface area contributed by atoms with Gasteiger partial charge in [0.15, 0.2) is 0 Å². The summed E-state index contributed by atoms with van der Waals surface area (Å²) < 4.78 is 12.9. The Balaban J connectivity index is 2.25. The second-order valence-electron chi connectivity index (χ2n) is 5.22. The Morgan fingerprint density at radius 2 is 1.75 bits per heavy atom. The normalized spacial score (nSPS) is 12.6. The molecule has 1 aromatic rings. The maximum absolute atomic E-state index is 12.9. The average Bonchev–Trinajstić information content (AvgIpc) is 2.46. The molecule has 0 amide bonds. The summed E-state index contributed by atoms with van der Waals surface area (Å²) in [4.78, 5) is 1.15. The van der Waals surface area contributed by atoms with E-state index < -0.39 is 0 Å². The highest BCUT2D eigenvalue weighted by Crippen LogP contribution is 2.20. The van der Waals surface area contributed by atoms with Crippen LogP contribution in [-0.2, 0) is 0 Å². The van der Waals surface area contributed by atoms with E-state index in [0.717, 1.165) is 17.2 Å². The number of hydrogen-bond donors (Lipinski definition) is 1. The van der Waals surface area contributed by atoms with Crippen molar-refractivity contribution in [3.8, 4) is 0 Å². The van der Waals surface area contributed by atoms with E-state index in [-0.39, 0.29) is 5.82 Å². The van der Waals surface area contributed by atoms with Crippen molar-refractivity contribution in [1.29, 1.82) is 0 Å². The van der Waals surface area contributed by atoms with Crippen molar-refractivity contribution in [2.45, 2.75) is 63.3 Å². The molecule has 1 rings (SSSR count). The van der Waals surface area contributed by atoms with Gasteiger partial charge in [-0.3, -0.25) is 0 Å². The van der Waals surface area contributed by atoms with Crippen LogP contribution in [0, 0.1) is 5.82 Å². The molecule has 0 aliphatic rings. The second kappa shape index (κ2) is 11.2. The number of rotatable bonds is 11. The Hall–Kier alpha value is -0.540. The molecule has 0 aliphatic heterocycles. The summed E-state index contributed by atoms with van der Waals surface area (Å²) in [7, 11) is 0. The highest BCUT2D eigenvalue weighted by molar-refractivity contribution is 7.99. The van der Waals surface area contributed by atoms with Gasteiger partial charge in [-0.25, -0.2) is 4.39 Å². The summed E-state index contributed by atoms with van der Waals surface area (Å²) in [5, 5.41) is 3.56. The van der Waals surface area contributed by atoms with Crippen molar-refractivity contribution in [3.63, 3.8) is 0 Å². The van der Waals surface area contributed by atoms with Crippen LogP contribution in [0.4, 0.5) is 4.39 Å². The standard InChI is InChI=1S/C17H28FNS/c1-3-5-6-7-8-9-16(19-4-2)14-20-17-12-10-15(18)11-13-17/h10-13,16,19H,3-9,14H2,1-2H3. The molecule has 0 saturated carbocycles. The molecule has 114 valence electrons. The van der Waals surface area contributed by atoms with Gasteiger partial charge >= 0.3 is 0 Å². The van der Waals surface area contributed by atoms with E-state index in [1.165, 1.54) is 50.7 Å². The number of unbranched alkanes of at least 4 members (excludes halogenated alkanes) is 4. The van der Waals surface area contributed by atoms with Gasteiger partial charge in [0.05, 0.1) is 0 Å². The first-order chi connectivity index (χ1) is 9.76. The highest BCUT2D eigenvalue weighted by Gasteiger charge is 2.07. The maximum Gasteiger partial charge on any atom is 0.123 e. The molecule has 0 aromatic heterocycles. The van der Waals surface area contributed by atoms with E-state index in [4.69, 9.17) is 0 Å². The van der Waals surface area contributed by atoms with Gasteiger partial charge in [0.2, 0.25) is 0 Å². The largest absolute Gasteiger partial charge is 0.313 e. The van der Waals surface area contributed by atoms with E-state index in [0.29, 0.717) is 6.04 Å². The molecule has 1 aromatic carbocycles. The van der Waals surface area contributed by atoms with Gasteiger partial charge in [-0.15, -0.1) is 11.8 Å². The zero-order chi connectivity index (χ0) is 14.6. The van der Waals surface area contributed by atoms with Crippen molar-refractivity contribution >= 4 is 11.8 Å². The average molecular weight is 297 g/mol. The predicted octanol–water partition coefficient (Wildman–Crippen LogP) is 5.26. The quantitative estimate of drug-likeness (QED) is 0.442. The highest BCUT2D eigenvalue weighted by atomic mass is 32.2. The summed E-state index contributed by atoms with van der Waals surface area (Å²) in [6, 6.07) is 7.37. The molecule has 0 heterocycles. The Morgan fingerprint density at radius 1 is 1.05 bits per heavy atom. The van der Waals surface area contributed by atoms with E-state index >= 15 is 0 Å². The van der Waals surface area contributed by atoms with Gasteiger partial charge in [0.1, 0.15) is 5.82 Å². The molecule has 0 fully saturated rings. The van der Waals surface area contributed by atoms with Crippen molar-refractivity contribution < 1.29 is 4.39 Å². The fourth-order valence-corrected chi connectivity index (χ4v) is 3.26. The molecular formula is C17H28FNS. The lowest BCUT2D eigenvalue weighted by molar-refractivity contribution is 0.496. The molecule has 1 unspecified atom stereocenters.